The van der Waals surface area contributed by atoms with Gasteiger partial charge in [-0.15, -0.1) is 0 Å². The highest BCUT2D eigenvalue weighted by molar-refractivity contribution is 5.95. The molecule has 0 aromatic rings. The Hall–Kier alpha value is -0.610. The van der Waals surface area contributed by atoms with Crippen molar-refractivity contribution in [1.29, 1.82) is 0 Å². The minimum atomic E-state index is 0.278. The van der Waals surface area contributed by atoms with Crippen molar-refractivity contribution in [3.05, 3.63) is 0 Å². The highest BCUT2D eigenvalue weighted by atomic mass is 16.6. The van der Waals surface area contributed by atoms with Crippen molar-refractivity contribution in [2.75, 3.05) is 33.3 Å². The number of oxime groups is 1. The van der Waals surface area contributed by atoms with E-state index in [4.69, 9.17) is 4.84 Å². The van der Waals surface area contributed by atoms with Crippen LogP contribution in [0.3, 0.4) is 0 Å². The second-order valence-corrected chi connectivity index (χ2v) is 4.60. The molecule has 4 nitrogen and oxygen atoms in total. The van der Waals surface area contributed by atoms with Gasteiger partial charge in [0.2, 0.25) is 0 Å². The van der Waals surface area contributed by atoms with E-state index < -0.39 is 0 Å². The largest absolute Gasteiger partial charge is 0.399 e. The standard InChI is InChI=1S/C10H19N3O/c1-8(2)13-4-9(12-14-3)10(7-13)5-11-6-10/h8,11H,4-7H2,1-3H3/b12-9+. The van der Waals surface area contributed by atoms with Crippen LogP contribution in [0.2, 0.25) is 0 Å². The summed E-state index contributed by atoms with van der Waals surface area (Å²) in [6.45, 7) is 8.66. The van der Waals surface area contributed by atoms with Gasteiger partial charge in [-0.3, -0.25) is 4.90 Å². The number of nitrogens with one attached hydrogen (secondary N) is 1. The first-order valence-corrected chi connectivity index (χ1v) is 5.23. The van der Waals surface area contributed by atoms with Crippen LogP contribution in [0.15, 0.2) is 5.16 Å². The highest BCUT2D eigenvalue weighted by Gasteiger charge is 2.49. The van der Waals surface area contributed by atoms with Gasteiger partial charge in [0.05, 0.1) is 11.1 Å². The quantitative estimate of drug-likeness (QED) is 0.647. The Bertz CT molecular complexity index is 246. The third-order valence-corrected chi connectivity index (χ3v) is 3.33. The molecule has 0 aromatic carbocycles. The molecule has 0 unspecified atom stereocenters. The third kappa shape index (κ3) is 1.42. The van der Waals surface area contributed by atoms with Crippen molar-refractivity contribution in [3.63, 3.8) is 0 Å². The molecule has 1 spiro atoms. The summed E-state index contributed by atoms with van der Waals surface area (Å²) in [5.74, 6) is 0. The van der Waals surface area contributed by atoms with Gasteiger partial charge in [0.1, 0.15) is 7.11 Å². The summed E-state index contributed by atoms with van der Waals surface area (Å²) in [7, 11) is 1.63. The lowest BCUT2D eigenvalue weighted by Gasteiger charge is -2.39. The maximum absolute atomic E-state index is 4.92. The van der Waals surface area contributed by atoms with Crippen molar-refractivity contribution in [1.82, 2.24) is 10.2 Å². The van der Waals surface area contributed by atoms with Crippen LogP contribution in [0.5, 0.6) is 0 Å². The molecule has 2 saturated heterocycles. The molecule has 80 valence electrons. The first-order valence-electron chi connectivity index (χ1n) is 5.23. The van der Waals surface area contributed by atoms with Crippen LogP contribution in [0.25, 0.3) is 0 Å². The van der Waals surface area contributed by atoms with Gasteiger partial charge in [-0.05, 0) is 13.8 Å². The van der Waals surface area contributed by atoms with Gasteiger partial charge in [0, 0.05) is 32.2 Å². The molecule has 4 heteroatoms. The fourth-order valence-corrected chi connectivity index (χ4v) is 2.24. The fraction of sp³-hybridized carbons (Fsp3) is 0.900. The molecule has 2 heterocycles. The zero-order chi connectivity index (χ0) is 10.2. The molecule has 2 rings (SSSR count). The molecular weight excluding hydrogens is 178 g/mol. The number of hydrogen-bond donors (Lipinski definition) is 1. The Kier molecular flexibility index (Phi) is 2.49. The Morgan fingerprint density at radius 3 is 2.64 bits per heavy atom. The number of rotatable bonds is 2. The summed E-state index contributed by atoms with van der Waals surface area (Å²) >= 11 is 0. The van der Waals surface area contributed by atoms with Crippen molar-refractivity contribution in [3.8, 4) is 0 Å². The zero-order valence-corrected chi connectivity index (χ0v) is 9.21. The zero-order valence-electron chi connectivity index (χ0n) is 9.21. The van der Waals surface area contributed by atoms with Crippen LogP contribution in [0.4, 0.5) is 0 Å². The molecule has 0 radical (unpaired) electrons. The summed E-state index contributed by atoms with van der Waals surface area (Å²) in [5.41, 5.74) is 1.49. The van der Waals surface area contributed by atoms with Crippen LogP contribution in [0, 0.1) is 5.41 Å². The van der Waals surface area contributed by atoms with Crippen LogP contribution in [-0.2, 0) is 4.84 Å². The van der Waals surface area contributed by atoms with Crippen LogP contribution in [0.1, 0.15) is 13.8 Å². The van der Waals surface area contributed by atoms with Crippen molar-refractivity contribution in [2.45, 2.75) is 19.9 Å². The SMILES string of the molecule is CO/N=C1\CN(C(C)C)CC12CNC2. The van der Waals surface area contributed by atoms with Crippen LogP contribution >= 0.6 is 0 Å². The molecule has 0 aliphatic carbocycles. The second-order valence-electron chi connectivity index (χ2n) is 4.60. The first-order chi connectivity index (χ1) is 6.68. The predicted octanol–water partition coefficient (Wildman–Crippen LogP) is 0.302. The lowest BCUT2D eigenvalue weighted by Crippen LogP contribution is -2.58. The molecule has 14 heavy (non-hydrogen) atoms. The van der Waals surface area contributed by atoms with Crippen molar-refractivity contribution in [2.24, 2.45) is 10.6 Å². The first kappa shape index (κ1) is 9.93. The molecule has 2 aliphatic heterocycles. The lowest BCUT2D eigenvalue weighted by atomic mass is 9.79. The van der Waals surface area contributed by atoms with E-state index in [1.807, 2.05) is 0 Å². The number of likely N-dealkylation sites (tertiary alicyclic amines) is 1. The van der Waals surface area contributed by atoms with E-state index in [-0.39, 0.29) is 5.41 Å². The molecule has 0 aromatic heterocycles. The Morgan fingerprint density at radius 2 is 2.21 bits per heavy atom. The van der Waals surface area contributed by atoms with E-state index in [1.54, 1.807) is 7.11 Å². The van der Waals surface area contributed by atoms with E-state index in [0.717, 1.165) is 26.2 Å². The normalized spacial score (nSPS) is 28.7. The average molecular weight is 197 g/mol. The van der Waals surface area contributed by atoms with Crippen molar-refractivity contribution < 1.29 is 4.84 Å². The van der Waals surface area contributed by atoms with Gasteiger partial charge in [-0.1, -0.05) is 5.16 Å². The summed E-state index contributed by atoms with van der Waals surface area (Å²) in [6.07, 6.45) is 0. The molecule has 2 aliphatic rings. The van der Waals surface area contributed by atoms with E-state index in [0.29, 0.717) is 6.04 Å². The summed E-state index contributed by atoms with van der Waals surface area (Å²) < 4.78 is 0. The summed E-state index contributed by atoms with van der Waals surface area (Å²) in [5, 5.41) is 7.50. The minimum absolute atomic E-state index is 0.278. The smallest absolute Gasteiger partial charge is 0.106 e. The number of hydrogen-bond acceptors (Lipinski definition) is 4. The van der Waals surface area contributed by atoms with Gasteiger partial charge in [-0.25, -0.2) is 0 Å². The van der Waals surface area contributed by atoms with E-state index >= 15 is 0 Å². The Balaban J connectivity index is 2.13. The molecule has 0 amide bonds. The molecule has 2 fully saturated rings. The fourth-order valence-electron chi connectivity index (χ4n) is 2.24. The van der Waals surface area contributed by atoms with E-state index in [9.17, 15) is 0 Å². The molecule has 0 atom stereocenters. The van der Waals surface area contributed by atoms with Gasteiger partial charge < -0.3 is 10.2 Å². The maximum atomic E-state index is 4.92. The lowest BCUT2D eigenvalue weighted by molar-refractivity contribution is 0.176. The van der Waals surface area contributed by atoms with E-state index in [2.05, 4.69) is 29.2 Å². The molecule has 0 saturated carbocycles. The third-order valence-electron chi connectivity index (χ3n) is 3.33. The monoisotopic (exact) mass is 197 g/mol. The van der Waals surface area contributed by atoms with Gasteiger partial charge in [0.25, 0.3) is 0 Å². The van der Waals surface area contributed by atoms with Gasteiger partial charge in [0.15, 0.2) is 0 Å². The van der Waals surface area contributed by atoms with E-state index in [1.165, 1.54) is 5.71 Å². The second kappa shape index (κ2) is 3.51. The number of nitrogens with zero attached hydrogens (tertiary/aromatic N) is 2. The van der Waals surface area contributed by atoms with Gasteiger partial charge in [-0.2, -0.15) is 0 Å². The predicted molar refractivity (Wildman–Crippen MR) is 56.5 cm³/mol. The van der Waals surface area contributed by atoms with Crippen LogP contribution < -0.4 is 5.32 Å². The van der Waals surface area contributed by atoms with Crippen LogP contribution in [-0.4, -0.2) is 49.9 Å². The Morgan fingerprint density at radius 1 is 1.50 bits per heavy atom. The Labute approximate surface area is 85.3 Å². The molecule has 0 bridgehead atoms. The topological polar surface area (TPSA) is 36.9 Å². The minimum Gasteiger partial charge on any atom is -0.399 e. The molecule has 1 N–H and O–H groups in total. The summed E-state index contributed by atoms with van der Waals surface area (Å²) in [6, 6.07) is 0.594. The molecular formula is C10H19N3O. The maximum Gasteiger partial charge on any atom is 0.106 e. The van der Waals surface area contributed by atoms with Gasteiger partial charge >= 0.3 is 0 Å². The van der Waals surface area contributed by atoms with Crippen molar-refractivity contribution >= 4 is 5.71 Å². The summed E-state index contributed by atoms with van der Waals surface area (Å²) in [4.78, 5) is 7.38. The highest BCUT2D eigenvalue weighted by Crippen LogP contribution is 2.33. The average Bonchev–Trinajstić information content (AvgIpc) is 2.44.